The highest BCUT2D eigenvalue weighted by molar-refractivity contribution is 5.05. The second-order valence-electron chi connectivity index (χ2n) is 5.75. The van der Waals surface area contributed by atoms with Crippen molar-refractivity contribution in [2.75, 3.05) is 6.61 Å². The van der Waals surface area contributed by atoms with E-state index in [2.05, 4.69) is 11.9 Å². The van der Waals surface area contributed by atoms with Crippen LogP contribution in [0, 0.1) is 0 Å². The van der Waals surface area contributed by atoms with E-state index in [-0.39, 0.29) is 18.6 Å². The van der Waals surface area contributed by atoms with E-state index in [1.165, 1.54) is 10.8 Å². The van der Waals surface area contributed by atoms with Gasteiger partial charge < -0.3 is 14.9 Å². The van der Waals surface area contributed by atoms with E-state index in [0.717, 1.165) is 25.7 Å². The number of nitrogens with zero attached hydrogens (tertiary/aromatic N) is 1. The molecule has 0 spiro atoms. The summed E-state index contributed by atoms with van der Waals surface area (Å²) < 4.78 is 6.77. The second-order valence-corrected chi connectivity index (χ2v) is 5.75. The number of hydrogen-bond acceptors (Lipinski definition) is 5. The van der Waals surface area contributed by atoms with Crippen molar-refractivity contribution in [1.82, 2.24) is 9.55 Å². The van der Waals surface area contributed by atoms with Crippen molar-refractivity contribution < 1.29 is 14.9 Å². The van der Waals surface area contributed by atoms with E-state index < -0.39 is 24.1 Å². The van der Waals surface area contributed by atoms with Gasteiger partial charge in [-0.3, -0.25) is 14.3 Å². The number of H-pyrrole nitrogens is 1. The van der Waals surface area contributed by atoms with Crippen molar-refractivity contribution in [1.29, 1.82) is 0 Å². The zero-order valence-electron chi connectivity index (χ0n) is 12.8. The van der Waals surface area contributed by atoms with Crippen molar-refractivity contribution in [3.8, 4) is 0 Å². The molecule has 0 aromatic carbocycles. The van der Waals surface area contributed by atoms with Crippen molar-refractivity contribution in [2.24, 2.45) is 0 Å². The number of hydrogen-bond donors (Lipinski definition) is 3. The highest BCUT2D eigenvalue weighted by Crippen LogP contribution is 2.27. The van der Waals surface area contributed by atoms with Gasteiger partial charge in [0.15, 0.2) is 0 Å². The van der Waals surface area contributed by atoms with Crippen LogP contribution in [-0.4, -0.2) is 38.6 Å². The van der Waals surface area contributed by atoms with Crippen LogP contribution in [0.2, 0.25) is 0 Å². The lowest BCUT2D eigenvalue weighted by Crippen LogP contribution is -2.34. The number of aliphatic hydroxyl groups excluding tert-OH is 2. The first-order valence-corrected chi connectivity index (χ1v) is 7.85. The summed E-state index contributed by atoms with van der Waals surface area (Å²) in [5.41, 5.74) is -0.380. The molecule has 7 heteroatoms. The van der Waals surface area contributed by atoms with Gasteiger partial charge in [-0.05, 0) is 12.8 Å². The summed E-state index contributed by atoms with van der Waals surface area (Å²) in [6, 6.07) is 0. The Kier molecular flexibility index (Phi) is 5.93. The summed E-state index contributed by atoms with van der Waals surface area (Å²) >= 11 is 0. The van der Waals surface area contributed by atoms with Crippen LogP contribution in [-0.2, 0) is 11.2 Å². The number of aryl methyl sites for hydroxylation is 1. The molecule has 1 aliphatic heterocycles. The Morgan fingerprint density at radius 1 is 1.36 bits per heavy atom. The SMILES string of the molecule is CCCCCCc1cn([C@H]2C[C@@H](O)[C@H](CO)O2)c(=O)[nH]c1=O. The Morgan fingerprint density at radius 3 is 2.77 bits per heavy atom. The number of rotatable bonds is 7. The van der Waals surface area contributed by atoms with Crippen LogP contribution in [0.3, 0.4) is 0 Å². The summed E-state index contributed by atoms with van der Waals surface area (Å²) in [4.78, 5) is 26.1. The van der Waals surface area contributed by atoms with Crippen LogP contribution >= 0.6 is 0 Å². The Bertz CT molecular complexity index is 594. The molecular formula is C15H24N2O5. The molecular weight excluding hydrogens is 288 g/mol. The molecule has 124 valence electrons. The van der Waals surface area contributed by atoms with Crippen molar-refractivity contribution >= 4 is 0 Å². The molecule has 0 saturated carbocycles. The van der Waals surface area contributed by atoms with Gasteiger partial charge in [0.2, 0.25) is 0 Å². The summed E-state index contributed by atoms with van der Waals surface area (Å²) in [5, 5.41) is 18.9. The fraction of sp³-hybridized carbons (Fsp3) is 0.733. The quantitative estimate of drug-likeness (QED) is 0.628. The van der Waals surface area contributed by atoms with Crippen LogP contribution in [0.25, 0.3) is 0 Å². The normalized spacial score (nSPS) is 24.8. The largest absolute Gasteiger partial charge is 0.394 e. The standard InChI is InChI=1S/C15H24N2O5/c1-2-3-4-5-6-10-8-17(15(21)16-14(10)20)13-7-11(19)12(9-18)22-13/h8,11-13,18-19H,2-7,9H2,1H3,(H,16,20,21)/t11-,12+,13-/m1/s1. The van der Waals surface area contributed by atoms with E-state index in [9.17, 15) is 14.7 Å². The fourth-order valence-electron chi connectivity index (χ4n) is 2.71. The Labute approximate surface area is 128 Å². The molecule has 1 aromatic heterocycles. The predicted octanol–water partition coefficient (Wildman–Crippen LogP) is 0.300. The van der Waals surface area contributed by atoms with E-state index in [1.54, 1.807) is 0 Å². The van der Waals surface area contributed by atoms with Gasteiger partial charge in [0.05, 0.1) is 12.7 Å². The number of nitrogens with one attached hydrogen (secondary N) is 1. The van der Waals surface area contributed by atoms with E-state index >= 15 is 0 Å². The molecule has 0 aliphatic carbocycles. The fourth-order valence-corrected chi connectivity index (χ4v) is 2.71. The molecule has 22 heavy (non-hydrogen) atoms. The second kappa shape index (κ2) is 7.71. The van der Waals surface area contributed by atoms with Crippen molar-refractivity contribution in [2.45, 2.75) is 63.9 Å². The first-order chi connectivity index (χ1) is 10.6. The van der Waals surface area contributed by atoms with Crippen LogP contribution in [0.15, 0.2) is 15.8 Å². The minimum atomic E-state index is -0.818. The molecule has 7 nitrogen and oxygen atoms in total. The summed E-state index contributed by atoms with van der Waals surface area (Å²) in [7, 11) is 0. The first kappa shape index (κ1) is 16.9. The van der Waals surface area contributed by atoms with Gasteiger partial charge in [-0.2, -0.15) is 0 Å². The van der Waals surface area contributed by atoms with Gasteiger partial charge in [0.25, 0.3) is 5.56 Å². The molecule has 0 amide bonds. The first-order valence-electron chi connectivity index (χ1n) is 7.85. The van der Waals surface area contributed by atoms with Crippen LogP contribution in [0.1, 0.15) is 50.8 Å². The maximum Gasteiger partial charge on any atom is 0.330 e. The molecule has 0 bridgehead atoms. The summed E-state index contributed by atoms with van der Waals surface area (Å²) in [6.45, 7) is 1.81. The lowest BCUT2D eigenvalue weighted by molar-refractivity contribution is -0.0460. The molecule has 1 saturated heterocycles. The molecule has 1 aromatic rings. The number of ether oxygens (including phenoxy) is 1. The minimum absolute atomic E-state index is 0.215. The monoisotopic (exact) mass is 312 g/mol. The average molecular weight is 312 g/mol. The molecule has 1 aliphatic rings. The van der Waals surface area contributed by atoms with Crippen molar-refractivity contribution in [3.63, 3.8) is 0 Å². The molecule has 2 rings (SSSR count). The number of aromatic amines is 1. The zero-order valence-corrected chi connectivity index (χ0v) is 12.8. The Balaban J connectivity index is 2.15. The van der Waals surface area contributed by atoms with E-state index in [4.69, 9.17) is 9.84 Å². The van der Waals surface area contributed by atoms with Gasteiger partial charge >= 0.3 is 5.69 Å². The molecule has 3 atom stereocenters. The van der Waals surface area contributed by atoms with Crippen molar-refractivity contribution in [3.05, 3.63) is 32.6 Å². The van der Waals surface area contributed by atoms with Gasteiger partial charge in [-0.1, -0.05) is 26.2 Å². The van der Waals surface area contributed by atoms with Gasteiger partial charge in [-0.15, -0.1) is 0 Å². The lowest BCUT2D eigenvalue weighted by atomic mass is 10.1. The smallest absolute Gasteiger partial charge is 0.330 e. The third kappa shape index (κ3) is 3.85. The van der Waals surface area contributed by atoms with E-state index in [1.807, 2.05) is 0 Å². The van der Waals surface area contributed by atoms with Crippen LogP contribution in [0.5, 0.6) is 0 Å². The maximum absolute atomic E-state index is 11.9. The Morgan fingerprint density at radius 2 is 2.14 bits per heavy atom. The molecule has 2 heterocycles. The third-order valence-electron chi connectivity index (χ3n) is 4.04. The molecule has 0 unspecified atom stereocenters. The number of aromatic nitrogens is 2. The summed E-state index contributed by atoms with van der Waals surface area (Å²) in [5.74, 6) is 0. The molecule has 1 fully saturated rings. The molecule has 3 N–H and O–H groups in total. The topological polar surface area (TPSA) is 105 Å². The number of aliphatic hydroxyl groups is 2. The van der Waals surface area contributed by atoms with Crippen LogP contribution < -0.4 is 11.2 Å². The van der Waals surface area contributed by atoms with Gasteiger partial charge in [0.1, 0.15) is 12.3 Å². The van der Waals surface area contributed by atoms with Gasteiger partial charge in [-0.25, -0.2) is 4.79 Å². The molecule has 0 radical (unpaired) electrons. The van der Waals surface area contributed by atoms with E-state index in [0.29, 0.717) is 12.0 Å². The minimum Gasteiger partial charge on any atom is -0.394 e. The lowest BCUT2D eigenvalue weighted by Gasteiger charge is -2.15. The average Bonchev–Trinajstić information content (AvgIpc) is 2.86. The predicted molar refractivity (Wildman–Crippen MR) is 80.8 cm³/mol. The number of unbranched alkanes of at least 4 members (excludes halogenated alkanes) is 3. The summed E-state index contributed by atoms with van der Waals surface area (Å²) in [6.07, 6.45) is 4.33. The maximum atomic E-state index is 11.9. The third-order valence-corrected chi connectivity index (χ3v) is 4.04. The highest BCUT2D eigenvalue weighted by atomic mass is 16.5. The highest BCUT2D eigenvalue weighted by Gasteiger charge is 2.35. The van der Waals surface area contributed by atoms with Gasteiger partial charge in [0, 0.05) is 18.2 Å². The Hall–Kier alpha value is -1.44. The van der Waals surface area contributed by atoms with Crippen LogP contribution in [0.4, 0.5) is 0 Å². The zero-order chi connectivity index (χ0) is 16.1.